The molecule has 2 aromatic carbocycles. The molecule has 0 aromatic heterocycles. The van der Waals surface area contributed by atoms with E-state index in [-0.39, 0.29) is 5.75 Å². The molecule has 0 bridgehead atoms. The lowest BCUT2D eigenvalue weighted by atomic mass is 10.1. The third-order valence-electron chi connectivity index (χ3n) is 3.10. The van der Waals surface area contributed by atoms with Gasteiger partial charge in [0.05, 0.1) is 14.2 Å². The number of azo groups is 1. The largest absolute Gasteiger partial charge is 0.506 e. The Balaban J connectivity index is 2.36. The van der Waals surface area contributed by atoms with Crippen molar-refractivity contribution in [1.82, 2.24) is 0 Å². The first-order chi connectivity index (χ1) is 10.2. The number of nitrogens with zero attached hydrogens (tertiary/aromatic N) is 2. The molecule has 21 heavy (non-hydrogen) atoms. The number of aryl methyl sites for hydroxylation is 1. The van der Waals surface area contributed by atoms with Crippen molar-refractivity contribution in [1.29, 1.82) is 0 Å². The Labute approximate surface area is 123 Å². The van der Waals surface area contributed by atoms with E-state index < -0.39 is 0 Å². The van der Waals surface area contributed by atoms with E-state index >= 15 is 0 Å². The molecule has 0 amide bonds. The zero-order valence-electron chi connectivity index (χ0n) is 12.3. The molecule has 0 saturated carbocycles. The Morgan fingerprint density at radius 2 is 1.71 bits per heavy atom. The van der Waals surface area contributed by atoms with Gasteiger partial charge in [0.25, 0.3) is 0 Å². The molecule has 0 atom stereocenters. The van der Waals surface area contributed by atoms with Gasteiger partial charge in [-0.2, -0.15) is 0 Å². The van der Waals surface area contributed by atoms with Crippen LogP contribution in [0.5, 0.6) is 17.2 Å². The maximum Gasteiger partial charge on any atom is 0.146 e. The lowest BCUT2D eigenvalue weighted by Crippen LogP contribution is -1.86. The molecule has 0 aliphatic carbocycles. The van der Waals surface area contributed by atoms with Crippen molar-refractivity contribution in [3.05, 3.63) is 42.0 Å². The quantitative estimate of drug-likeness (QED) is 0.829. The fourth-order valence-corrected chi connectivity index (χ4v) is 1.85. The minimum atomic E-state index is 0.0952. The standard InChI is InChI=1S/C16H18N2O3/c1-4-11-5-7-15(19)13(9-11)17-18-14-10-12(20-2)6-8-16(14)21-3/h5-10,19H,4H2,1-3H3. The van der Waals surface area contributed by atoms with Crippen LogP contribution in [0.4, 0.5) is 11.4 Å². The summed E-state index contributed by atoms with van der Waals surface area (Å²) in [6.07, 6.45) is 0.866. The maximum atomic E-state index is 9.83. The van der Waals surface area contributed by atoms with Crippen molar-refractivity contribution in [2.45, 2.75) is 13.3 Å². The lowest BCUT2D eigenvalue weighted by molar-refractivity contribution is 0.404. The van der Waals surface area contributed by atoms with E-state index in [1.165, 1.54) is 0 Å². The van der Waals surface area contributed by atoms with E-state index in [4.69, 9.17) is 9.47 Å². The van der Waals surface area contributed by atoms with Gasteiger partial charge in [-0.1, -0.05) is 13.0 Å². The van der Waals surface area contributed by atoms with Crippen molar-refractivity contribution in [3.63, 3.8) is 0 Å². The van der Waals surface area contributed by atoms with Crippen LogP contribution >= 0.6 is 0 Å². The molecule has 5 heteroatoms. The molecular weight excluding hydrogens is 268 g/mol. The second kappa shape index (κ2) is 6.74. The number of ether oxygens (including phenoxy) is 2. The van der Waals surface area contributed by atoms with Crippen LogP contribution in [0, 0.1) is 0 Å². The summed E-state index contributed by atoms with van der Waals surface area (Å²) >= 11 is 0. The summed E-state index contributed by atoms with van der Waals surface area (Å²) in [7, 11) is 3.15. The molecule has 110 valence electrons. The molecule has 2 rings (SSSR count). The zero-order valence-corrected chi connectivity index (χ0v) is 12.3. The molecule has 1 N–H and O–H groups in total. The topological polar surface area (TPSA) is 63.4 Å². The first kappa shape index (κ1) is 14.8. The number of hydrogen-bond acceptors (Lipinski definition) is 5. The Kier molecular flexibility index (Phi) is 4.77. The molecule has 0 spiro atoms. The Hall–Kier alpha value is -2.56. The van der Waals surface area contributed by atoms with Crippen molar-refractivity contribution < 1.29 is 14.6 Å². The highest BCUT2D eigenvalue weighted by Crippen LogP contribution is 2.34. The van der Waals surface area contributed by atoms with E-state index in [9.17, 15) is 5.11 Å². The predicted octanol–water partition coefficient (Wildman–Crippen LogP) is 4.39. The molecule has 0 fully saturated rings. The van der Waals surface area contributed by atoms with Gasteiger partial charge in [-0.15, -0.1) is 10.2 Å². The highest BCUT2D eigenvalue weighted by atomic mass is 16.5. The second-order valence-corrected chi connectivity index (χ2v) is 4.41. The average molecular weight is 286 g/mol. The second-order valence-electron chi connectivity index (χ2n) is 4.41. The van der Waals surface area contributed by atoms with Gasteiger partial charge in [0.15, 0.2) is 0 Å². The summed E-state index contributed by atoms with van der Waals surface area (Å²) < 4.78 is 10.4. The van der Waals surface area contributed by atoms with E-state index in [2.05, 4.69) is 10.2 Å². The molecule has 0 saturated heterocycles. The molecule has 2 aromatic rings. The summed E-state index contributed by atoms with van der Waals surface area (Å²) in [5.74, 6) is 1.35. The molecule has 0 radical (unpaired) electrons. The highest BCUT2D eigenvalue weighted by Gasteiger charge is 2.05. The van der Waals surface area contributed by atoms with Crippen LogP contribution in [-0.4, -0.2) is 19.3 Å². The Morgan fingerprint density at radius 3 is 2.38 bits per heavy atom. The number of phenolic OH excluding ortho intramolecular Hbond substituents is 1. The lowest BCUT2D eigenvalue weighted by Gasteiger charge is -2.06. The van der Waals surface area contributed by atoms with Crippen LogP contribution in [0.1, 0.15) is 12.5 Å². The van der Waals surface area contributed by atoms with Gasteiger partial charge >= 0.3 is 0 Å². The predicted molar refractivity (Wildman–Crippen MR) is 81.2 cm³/mol. The van der Waals surface area contributed by atoms with Crippen LogP contribution in [-0.2, 0) is 6.42 Å². The molecule has 0 heterocycles. The minimum absolute atomic E-state index is 0.0952. The SMILES string of the molecule is CCc1ccc(O)c(N=Nc2cc(OC)ccc2OC)c1. The van der Waals surface area contributed by atoms with Crippen LogP contribution in [0.25, 0.3) is 0 Å². The van der Waals surface area contributed by atoms with Crippen molar-refractivity contribution >= 4 is 11.4 Å². The summed E-state index contributed by atoms with van der Waals surface area (Å²) in [4.78, 5) is 0. The van der Waals surface area contributed by atoms with Gasteiger partial charge in [-0.05, 0) is 36.2 Å². The summed E-state index contributed by atoms with van der Waals surface area (Å²) in [5, 5.41) is 18.1. The van der Waals surface area contributed by atoms with Gasteiger partial charge in [0.1, 0.15) is 28.6 Å². The first-order valence-corrected chi connectivity index (χ1v) is 6.63. The van der Waals surface area contributed by atoms with Gasteiger partial charge in [-0.25, -0.2) is 0 Å². The van der Waals surface area contributed by atoms with Crippen molar-refractivity contribution in [2.75, 3.05) is 14.2 Å². The number of hydrogen-bond donors (Lipinski definition) is 1. The third kappa shape index (κ3) is 3.51. The normalized spacial score (nSPS) is 10.8. The monoisotopic (exact) mass is 286 g/mol. The van der Waals surface area contributed by atoms with Gasteiger partial charge in [0.2, 0.25) is 0 Å². The summed E-state index contributed by atoms with van der Waals surface area (Å²) in [6.45, 7) is 2.04. The van der Waals surface area contributed by atoms with E-state index in [0.717, 1.165) is 12.0 Å². The number of aromatic hydroxyl groups is 1. The molecule has 0 aliphatic rings. The maximum absolute atomic E-state index is 9.83. The molecule has 5 nitrogen and oxygen atoms in total. The van der Waals surface area contributed by atoms with Crippen molar-refractivity contribution in [2.24, 2.45) is 10.2 Å². The first-order valence-electron chi connectivity index (χ1n) is 6.63. The summed E-state index contributed by atoms with van der Waals surface area (Å²) in [6, 6.07) is 10.6. The van der Waals surface area contributed by atoms with Gasteiger partial charge in [-0.3, -0.25) is 0 Å². The molecule has 0 unspecified atom stereocenters. The minimum Gasteiger partial charge on any atom is -0.506 e. The third-order valence-corrected chi connectivity index (χ3v) is 3.10. The number of phenols is 1. The van der Waals surface area contributed by atoms with Crippen LogP contribution in [0.15, 0.2) is 46.6 Å². The summed E-state index contributed by atoms with van der Waals surface area (Å²) in [5.41, 5.74) is 2.05. The Bertz CT molecular complexity index is 654. The van der Waals surface area contributed by atoms with E-state index in [0.29, 0.717) is 22.9 Å². The molecular formula is C16H18N2O3. The fourth-order valence-electron chi connectivity index (χ4n) is 1.85. The van der Waals surface area contributed by atoms with Crippen molar-refractivity contribution in [3.8, 4) is 17.2 Å². The van der Waals surface area contributed by atoms with Gasteiger partial charge in [0, 0.05) is 6.07 Å². The van der Waals surface area contributed by atoms with Crippen LogP contribution < -0.4 is 9.47 Å². The number of rotatable bonds is 5. The van der Waals surface area contributed by atoms with Crippen LogP contribution in [0.3, 0.4) is 0 Å². The average Bonchev–Trinajstić information content (AvgIpc) is 2.53. The Morgan fingerprint density at radius 1 is 0.952 bits per heavy atom. The highest BCUT2D eigenvalue weighted by molar-refractivity contribution is 5.57. The number of methoxy groups -OCH3 is 2. The zero-order chi connectivity index (χ0) is 15.2. The van der Waals surface area contributed by atoms with Crippen LogP contribution in [0.2, 0.25) is 0 Å². The van der Waals surface area contributed by atoms with E-state index in [1.54, 1.807) is 38.5 Å². The smallest absolute Gasteiger partial charge is 0.146 e. The fraction of sp³-hybridized carbons (Fsp3) is 0.250. The van der Waals surface area contributed by atoms with Gasteiger partial charge < -0.3 is 14.6 Å². The molecule has 0 aliphatic heterocycles. The number of benzene rings is 2. The van der Waals surface area contributed by atoms with E-state index in [1.807, 2.05) is 19.1 Å².